The predicted octanol–water partition coefficient (Wildman–Crippen LogP) is 1.87. The smallest absolute Gasteiger partial charge is 0.304 e. The third-order valence-electron chi connectivity index (χ3n) is 4.89. The van der Waals surface area contributed by atoms with Gasteiger partial charge in [-0.1, -0.05) is 19.3 Å². The average molecular weight is 296 g/mol. The number of amides is 1. The van der Waals surface area contributed by atoms with Crippen LogP contribution in [0.3, 0.4) is 0 Å². The maximum Gasteiger partial charge on any atom is 0.304 e. The van der Waals surface area contributed by atoms with Crippen molar-refractivity contribution in [3.63, 3.8) is 0 Å². The van der Waals surface area contributed by atoms with Gasteiger partial charge in [0.15, 0.2) is 0 Å². The molecule has 2 fully saturated rings. The lowest BCUT2D eigenvalue weighted by atomic mass is 9.88. The van der Waals surface area contributed by atoms with Crippen molar-refractivity contribution in [2.24, 2.45) is 11.8 Å². The monoisotopic (exact) mass is 296 g/mol. The van der Waals surface area contributed by atoms with Crippen LogP contribution in [0.2, 0.25) is 0 Å². The van der Waals surface area contributed by atoms with E-state index in [4.69, 9.17) is 5.11 Å². The van der Waals surface area contributed by atoms with Crippen LogP contribution in [0.25, 0.3) is 0 Å². The molecule has 0 atom stereocenters. The Balaban J connectivity index is 1.60. The molecule has 2 rings (SSSR count). The number of hydrogen-bond acceptors (Lipinski definition) is 3. The van der Waals surface area contributed by atoms with Gasteiger partial charge >= 0.3 is 5.97 Å². The van der Waals surface area contributed by atoms with Crippen LogP contribution in [0.1, 0.15) is 51.4 Å². The van der Waals surface area contributed by atoms with Crippen molar-refractivity contribution in [3.05, 3.63) is 0 Å². The highest BCUT2D eigenvalue weighted by molar-refractivity contribution is 5.78. The summed E-state index contributed by atoms with van der Waals surface area (Å²) in [5.74, 6) is 0.327. The molecule has 0 aromatic rings. The Labute approximate surface area is 127 Å². The fraction of sp³-hybridized carbons (Fsp3) is 0.875. The Morgan fingerprint density at radius 2 is 1.71 bits per heavy atom. The van der Waals surface area contributed by atoms with E-state index in [9.17, 15) is 9.59 Å². The average Bonchev–Trinajstić information content (AvgIpc) is 2.52. The zero-order valence-electron chi connectivity index (χ0n) is 12.9. The first-order valence-corrected chi connectivity index (χ1v) is 8.37. The molecule has 21 heavy (non-hydrogen) atoms. The van der Waals surface area contributed by atoms with Gasteiger partial charge in [0, 0.05) is 19.0 Å². The Hall–Kier alpha value is -1.10. The van der Waals surface area contributed by atoms with Crippen molar-refractivity contribution in [1.29, 1.82) is 0 Å². The summed E-state index contributed by atoms with van der Waals surface area (Å²) in [6.45, 7) is 3.35. The number of nitrogens with zero attached hydrogens (tertiary/aromatic N) is 1. The number of carbonyl (C=O) groups is 2. The molecule has 1 saturated heterocycles. The molecule has 1 saturated carbocycles. The zero-order chi connectivity index (χ0) is 15.1. The van der Waals surface area contributed by atoms with Crippen molar-refractivity contribution in [2.45, 2.75) is 51.4 Å². The highest BCUT2D eigenvalue weighted by atomic mass is 16.4. The van der Waals surface area contributed by atoms with Gasteiger partial charge in [0.25, 0.3) is 0 Å². The summed E-state index contributed by atoms with van der Waals surface area (Å²) in [4.78, 5) is 24.9. The molecule has 0 unspecified atom stereocenters. The van der Waals surface area contributed by atoms with Crippen molar-refractivity contribution >= 4 is 11.9 Å². The normalized spacial score (nSPS) is 22.1. The van der Waals surface area contributed by atoms with Crippen molar-refractivity contribution in [1.82, 2.24) is 10.2 Å². The SMILES string of the molecule is O=C(O)CCN1CCC(CNC(=O)C2CCCCC2)CC1. The first-order chi connectivity index (χ1) is 10.1. The third kappa shape index (κ3) is 5.65. The van der Waals surface area contributed by atoms with Crippen LogP contribution in [0.5, 0.6) is 0 Å². The molecule has 0 bridgehead atoms. The molecule has 1 aliphatic heterocycles. The molecule has 1 aliphatic carbocycles. The lowest BCUT2D eigenvalue weighted by Crippen LogP contribution is -2.41. The number of likely N-dealkylation sites (tertiary alicyclic amines) is 1. The summed E-state index contributed by atoms with van der Waals surface area (Å²) in [6, 6.07) is 0. The number of nitrogens with one attached hydrogen (secondary N) is 1. The maximum atomic E-state index is 12.1. The molecule has 1 amide bonds. The Morgan fingerprint density at radius 3 is 2.33 bits per heavy atom. The van der Waals surface area contributed by atoms with Gasteiger partial charge < -0.3 is 15.3 Å². The summed E-state index contributed by atoms with van der Waals surface area (Å²) in [5, 5.41) is 11.8. The van der Waals surface area contributed by atoms with Crippen molar-refractivity contribution in [2.75, 3.05) is 26.2 Å². The van der Waals surface area contributed by atoms with E-state index in [0.717, 1.165) is 45.3 Å². The predicted molar refractivity (Wildman–Crippen MR) is 81.0 cm³/mol. The quantitative estimate of drug-likeness (QED) is 0.785. The number of carboxylic acid groups (broad SMARTS) is 1. The van der Waals surface area contributed by atoms with E-state index in [0.29, 0.717) is 12.5 Å². The van der Waals surface area contributed by atoms with E-state index >= 15 is 0 Å². The largest absolute Gasteiger partial charge is 0.481 e. The van der Waals surface area contributed by atoms with E-state index in [1.807, 2.05) is 0 Å². The van der Waals surface area contributed by atoms with Gasteiger partial charge in [0.2, 0.25) is 5.91 Å². The first-order valence-electron chi connectivity index (χ1n) is 8.37. The zero-order valence-corrected chi connectivity index (χ0v) is 12.9. The second-order valence-corrected chi connectivity index (χ2v) is 6.51. The van der Waals surface area contributed by atoms with Gasteiger partial charge in [0.05, 0.1) is 6.42 Å². The lowest BCUT2D eigenvalue weighted by Gasteiger charge is -2.32. The van der Waals surface area contributed by atoms with E-state index in [1.54, 1.807) is 0 Å². The Morgan fingerprint density at radius 1 is 1.05 bits per heavy atom. The molecule has 0 spiro atoms. The molecule has 0 aromatic carbocycles. The molecule has 2 aliphatic rings. The topological polar surface area (TPSA) is 69.6 Å². The summed E-state index contributed by atoms with van der Waals surface area (Å²) < 4.78 is 0. The number of piperidine rings is 1. The summed E-state index contributed by atoms with van der Waals surface area (Å²) in [6.07, 6.45) is 8.12. The van der Waals surface area contributed by atoms with Gasteiger partial charge in [0.1, 0.15) is 0 Å². The highest BCUT2D eigenvalue weighted by Gasteiger charge is 2.23. The second kappa shape index (κ2) is 8.37. The van der Waals surface area contributed by atoms with E-state index in [2.05, 4.69) is 10.2 Å². The summed E-state index contributed by atoms with van der Waals surface area (Å²) >= 11 is 0. The molecule has 5 nitrogen and oxygen atoms in total. The van der Waals surface area contributed by atoms with E-state index in [1.165, 1.54) is 19.3 Å². The highest BCUT2D eigenvalue weighted by Crippen LogP contribution is 2.24. The lowest BCUT2D eigenvalue weighted by molar-refractivity contribution is -0.137. The van der Waals surface area contributed by atoms with Gasteiger partial charge in [-0.15, -0.1) is 0 Å². The van der Waals surface area contributed by atoms with Gasteiger partial charge in [-0.2, -0.15) is 0 Å². The number of carbonyl (C=O) groups excluding carboxylic acids is 1. The van der Waals surface area contributed by atoms with Crippen molar-refractivity contribution in [3.8, 4) is 0 Å². The fourth-order valence-corrected chi connectivity index (χ4v) is 3.42. The minimum absolute atomic E-state index is 0.225. The first kappa shape index (κ1) is 16.3. The summed E-state index contributed by atoms with van der Waals surface area (Å²) in [7, 11) is 0. The Bertz CT molecular complexity index is 345. The molecular formula is C16H28N2O3. The number of hydrogen-bond donors (Lipinski definition) is 2. The molecule has 1 heterocycles. The standard InChI is InChI=1S/C16H28N2O3/c19-15(20)8-11-18-9-6-13(7-10-18)12-17-16(21)14-4-2-1-3-5-14/h13-14H,1-12H2,(H,17,21)(H,19,20). The number of aliphatic carboxylic acids is 1. The molecule has 0 aromatic heterocycles. The second-order valence-electron chi connectivity index (χ2n) is 6.51. The van der Waals surface area contributed by atoms with Crippen LogP contribution in [0, 0.1) is 11.8 Å². The number of rotatable bonds is 6. The number of carboxylic acids is 1. The Kier molecular flexibility index (Phi) is 6.49. The maximum absolute atomic E-state index is 12.1. The molecule has 0 radical (unpaired) electrons. The van der Waals surface area contributed by atoms with Crippen LogP contribution in [-0.4, -0.2) is 48.1 Å². The van der Waals surface area contributed by atoms with E-state index < -0.39 is 5.97 Å². The molecule has 2 N–H and O–H groups in total. The van der Waals surface area contributed by atoms with E-state index in [-0.39, 0.29) is 18.2 Å². The third-order valence-corrected chi connectivity index (χ3v) is 4.89. The summed E-state index contributed by atoms with van der Waals surface area (Å²) in [5.41, 5.74) is 0. The molecule has 5 heteroatoms. The van der Waals surface area contributed by atoms with Crippen molar-refractivity contribution < 1.29 is 14.7 Å². The van der Waals surface area contributed by atoms with Gasteiger partial charge in [-0.3, -0.25) is 9.59 Å². The van der Waals surface area contributed by atoms with Crippen LogP contribution in [-0.2, 0) is 9.59 Å². The molecule has 120 valence electrons. The van der Waals surface area contributed by atoms with Crippen LogP contribution < -0.4 is 5.32 Å². The van der Waals surface area contributed by atoms with Crippen LogP contribution in [0.15, 0.2) is 0 Å². The molecular weight excluding hydrogens is 268 g/mol. The fourth-order valence-electron chi connectivity index (χ4n) is 3.42. The van der Waals surface area contributed by atoms with Crippen LogP contribution in [0.4, 0.5) is 0 Å². The van der Waals surface area contributed by atoms with Gasteiger partial charge in [-0.05, 0) is 44.7 Å². The minimum Gasteiger partial charge on any atom is -0.481 e. The minimum atomic E-state index is -0.725. The van der Waals surface area contributed by atoms with Gasteiger partial charge in [-0.25, -0.2) is 0 Å². The van der Waals surface area contributed by atoms with Crippen LogP contribution >= 0.6 is 0 Å².